The summed E-state index contributed by atoms with van der Waals surface area (Å²) in [5, 5.41) is 7.41. The van der Waals surface area contributed by atoms with Crippen LogP contribution in [-0.4, -0.2) is 16.8 Å². The molecular formula is C18H18N4O. The van der Waals surface area contributed by atoms with Gasteiger partial charge in [-0.1, -0.05) is 29.4 Å². The molecule has 0 amide bonds. The predicted octanol–water partition coefficient (Wildman–Crippen LogP) is 3.74. The summed E-state index contributed by atoms with van der Waals surface area (Å²) in [5.41, 5.74) is 5.63. The van der Waals surface area contributed by atoms with Gasteiger partial charge in [0.2, 0.25) is 0 Å². The number of hydrogen-bond donors (Lipinski definition) is 1. The normalized spacial score (nSPS) is 13.0. The summed E-state index contributed by atoms with van der Waals surface area (Å²) in [6, 6.07) is 12.5. The molecule has 0 saturated heterocycles. The predicted molar refractivity (Wildman–Crippen MR) is 90.3 cm³/mol. The van der Waals surface area contributed by atoms with E-state index in [4.69, 9.17) is 4.52 Å². The molecule has 116 valence electrons. The minimum absolute atomic E-state index is 0.705. The molecule has 2 aromatic heterocycles. The molecule has 0 radical (unpaired) electrons. The van der Waals surface area contributed by atoms with Crippen LogP contribution >= 0.6 is 0 Å². The zero-order valence-corrected chi connectivity index (χ0v) is 13.2. The Hall–Kier alpha value is -2.82. The number of pyridine rings is 1. The van der Waals surface area contributed by atoms with Gasteiger partial charge in [-0.2, -0.15) is 0 Å². The van der Waals surface area contributed by atoms with Crippen LogP contribution in [0.1, 0.15) is 17.0 Å². The Kier molecular flexibility index (Phi) is 3.26. The molecule has 1 aromatic carbocycles. The second kappa shape index (κ2) is 5.43. The van der Waals surface area contributed by atoms with Gasteiger partial charge in [0.25, 0.3) is 0 Å². The SMILES string of the molecule is Cc1cc(CN2CNc3ncc(-c4ccccc4C)cc32)no1. The summed E-state index contributed by atoms with van der Waals surface area (Å²) >= 11 is 0. The Morgan fingerprint density at radius 3 is 2.87 bits per heavy atom. The lowest BCUT2D eigenvalue weighted by molar-refractivity contribution is 0.390. The van der Waals surface area contributed by atoms with Gasteiger partial charge in [-0.3, -0.25) is 0 Å². The largest absolute Gasteiger partial charge is 0.361 e. The van der Waals surface area contributed by atoms with Crippen molar-refractivity contribution in [2.45, 2.75) is 20.4 Å². The van der Waals surface area contributed by atoms with Crippen molar-refractivity contribution in [3.8, 4) is 11.1 Å². The van der Waals surface area contributed by atoms with Gasteiger partial charge in [0.15, 0.2) is 5.82 Å². The fourth-order valence-corrected chi connectivity index (χ4v) is 2.96. The van der Waals surface area contributed by atoms with Crippen molar-refractivity contribution >= 4 is 11.5 Å². The van der Waals surface area contributed by atoms with Gasteiger partial charge in [-0.05, 0) is 31.0 Å². The molecule has 0 bridgehead atoms. The van der Waals surface area contributed by atoms with Gasteiger partial charge < -0.3 is 14.7 Å². The van der Waals surface area contributed by atoms with E-state index in [0.29, 0.717) is 6.54 Å². The van der Waals surface area contributed by atoms with Crippen molar-refractivity contribution in [2.24, 2.45) is 0 Å². The molecule has 0 spiro atoms. The summed E-state index contributed by atoms with van der Waals surface area (Å²) in [5.74, 6) is 1.75. The number of rotatable bonds is 3. The van der Waals surface area contributed by atoms with E-state index in [1.165, 1.54) is 11.1 Å². The summed E-state index contributed by atoms with van der Waals surface area (Å²) < 4.78 is 5.16. The molecule has 0 unspecified atom stereocenters. The van der Waals surface area contributed by atoms with E-state index < -0.39 is 0 Å². The number of benzene rings is 1. The van der Waals surface area contributed by atoms with E-state index in [2.05, 4.69) is 57.6 Å². The standard InChI is InChI=1S/C18H18N4O/c1-12-5-3-4-6-16(12)14-8-17-18(19-9-14)20-11-22(17)10-15-7-13(2)23-21-15/h3-9H,10-11H2,1-2H3,(H,19,20). The van der Waals surface area contributed by atoms with E-state index >= 15 is 0 Å². The van der Waals surface area contributed by atoms with Crippen molar-refractivity contribution < 1.29 is 4.52 Å². The van der Waals surface area contributed by atoms with Crippen molar-refractivity contribution in [3.63, 3.8) is 0 Å². The summed E-state index contributed by atoms with van der Waals surface area (Å²) in [6.07, 6.45) is 1.93. The average Bonchev–Trinajstić information content (AvgIpc) is 3.14. The molecule has 0 aliphatic carbocycles. The van der Waals surface area contributed by atoms with Crippen LogP contribution in [0.25, 0.3) is 11.1 Å². The zero-order chi connectivity index (χ0) is 15.8. The van der Waals surface area contributed by atoms with E-state index in [1.54, 1.807) is 0 Å². The maximum Gasteiger partial charge on any atom is 0.151 e. The highest BCUT2D eigenvalue weighted by molar-refractivity contribution is 5.78. The minimum Gasteiger partial charge on any atom is -0.361 e. The van der Waals surface area contributed by atoms with Crippen LogP contribution in [-0.2, 0) is 6.54 Å². The van der Waals surface area contributed by atoms with Crippen LogP contribution in [0.3, 0.4) is 0 Å². The molecule has 3 heterocycles. The molecule has 1 aliphatic rings. The number of aryl methyl sites for hydroxylation is 2. The molecule has 5 heteroatoms. The third-order valence-electron chi connectivity index (χ3n) is 4.13. The molecule has 0 fully saturated rings. The van der Waals surface area contributed by atoms with Crippen molar-refractivity contribution in [1.29, 1.82) is 0 Å². The highest BCUT2D eigenvalue weighted by Crippen LogP contribution is 2.34. The van der Waals surface area contributed by atoms with E-state index in [9.17, 15) is 0 Å². The lowest BCUT2D eigenvalue weighted by Crippen LogP contribution is -2.22. The summed E-state index contributed by atoms with van der Waals surface area (Å²) in [6.45, 7) is 5.46. The maximum absolute atomic E-state index is 5.16. The number of nitrogens with zero attached hydrogens (tertiary/aromatic N) is 3. The first kappa shape index (κ1) is 13.8. The first-order valence-corrected chi connectivity index (χ1v) is 7.68. The number of anilines is 2. The Morgan fingerprint density at radius 1 is 1.22 bits per heavy atom. The molecule has 0 atom stereocenters. The number of nitrogens with one attached hydrogen (secondary N) is 1. The lowest BCUT2D eigenvalue weighted by atomic mass is 10.0. The average molecular weight is 306 g/mol. The first-order valence-electron chi connectivity index (χ1n) is 7.68. The second-order valence-electron chi connectivity index (χ2n) is 5.87. The topological polar surface area (TPSA) is 54.2 Å². The number of hydrogen-bond acceptors (Lipinski definition) is 5. The van der Waals surface area contributed by atoms with Crippen LogP contribution in [0, 0.1) is 13.8 Å². The van der Waals surface area contributed by atoms with Crippen LogP contribution in [0.4, 0.5) is 11.5 Å². The Morgan fingerprint density at radius 2 is 2.09 bits per heavy atom. The van der Waals surface area contributed by atoms with Crippen molar-refractivity contribution in [3.05, 3.63) is 59.6 Å². The van der Waals surface area contributed by atoms with Crippen molar-refractivity contribution in [2.75, 3.05) is 16.9 Å². The quantitative estimate of drug-likeness (QED) is 0.799. The molecule has 0 saturated carbocycles. The third kappa shape index (κ3) is 2.54. The molecule has 3 aromatic rings. The molecule has 1 N–H and O–H groups in total. The van der Waals surface area contributed by atoms with Crippen LogP contribution < -0.4 is 10.2 Å². The summed E-state index contributed by atoms with van der Waals surface area (Å²) in [7, 11) is 0. The van der Waals surface area contributed by atoms with E-state index in [1.807, 2.05) is 19.2 Å². The first-order chi connectivity index (χ1) is 11.2. The van der Waals surface area contributed by atoms with Crippen LogP contribution in [0.2, 0.25) is 0 Å². The maximum atomic E-state index is 5.16. The monoisotopic (exact) mass is 306 g/mol. The molecule has 4 rings (SSSR count). The highest BCUT2D eigenvalue weighted by Gasteiger charge is 2.22. The van der Waals surface area contributed by atoms with Gasteiger partial charge in [0.1, 0.15) is 11.5 Å². The van der Waals surface area contributed by atoms with Gasteiger partial charge in [-0.25, -0.2) is 4.98 Å². The number of aromatic nitrogens is 2. The van der Waals surface area contributed by atoms with Gasteiger partial charge >= 0.3 is 0 Å². The second-order valence-corrected chi connectivity index (χ2v) is 5.87. The van der Waals surface area contributed by atoms with Gasteiger partial charge in [0, 0.05) is 17.8 Å². The highest BCUT2D eigenvalue weighted by atomic mass is 16.5. The Bertz CT molecular complexity index is 856. The van der Waals surface area contributed by atoms with Gasteiger partial charge in [0.05, 0.1) is 18.9 Å². The van der Waals surface area contributed by atoms with Gasteiger partial charge in [-0.15, -0.1) is 0 Å². The fraction of sp³-hybridized carbons (Fsp3) is 0.222. The van der Waals surface area contributed by atoms with Crippen molar-refractivity contribution in [1.82, 2.24) is 10.1 Å². The van der Waals surface area contributed by atoms with Crippen LogP contribution in [0.5, 0.6) is 0 Å². The lowest BCUT2D eigenvalue weighted by Gasteiger charge is -2.16. The Labute approximate surface area is 134 Å². The molecular weight excluding hydrogens is 288 g/mol. The fourth-order valence-electron chi connectivity index (χ4n) is 2.96. The molecule has 23 heavy (non-hydrogen) atoms. The van der Waals surface area contributed by atoms with E-state index in [-0.39, 0.29) is 0 Å². The van der Waals surface area contributed by atoms with E-state index in [0.717, 1.165) is 35.2 Å². The minimum atomic E-state index is 0.705. The zero-order valence-electron chi connectivity index (χ0n) is 13.2. The third-order valence-corrected chi connectivity index (χ3v) is 4.13. The molecule has 1 aliphatic heterocycles. The summed E-state index contributed by atoms with van der Waals surface area (Å²) in [4.78, 5) is 6.80. The Balaban J connectivity index is 1.68. The molecule has 5 nitrogen and oxygen atoms in total. The van der Waals surface area contributed by atoms with Crippen LogP contribution in [0.15, 0.2) is 47.1 Å². The number of fused-ring (bicyclic) bond motifs is 1. The smallest absolute Gasteiger partial charge is 0.151 e.